The summed E-state index contributed by atoms with van der Waals surface area (Å²) in [6.07, 6.45) is 3.63. The van der Waals surface area contributed by atoms with E-state index in [9.17, 15) is 18.3 Å². The normalized spacial score (nSPS) is 21.2. The molecule has 1 amide bonds. The molecule has 1 aromatic carbocycles. The number of benzene rings is 1. The van der Waals surface area contributed by atoms with Gasteiger partial charge in [-0.05, 0) is 67.8 Å². The summed E-state index contributed by atoms with van der Waals surface area (Å²) in [5, 5.41) is 13.7. The lowest BCUT2D eigenvalue weighted by Gasteiger charge is -2.30. The summed E-state index contributed by atoms with van der Waals surface area (Å²) in [6, 6.07) is 1.46. The number of carbonyl (C=O) groups is 1. The first-order chi connectivity index (χ1) is 13.5. The van der Waals surface area contributed by atoms with Gasteiger partial charge in [-0.1, -0.05) is 13.8 Å². The quantitative estimate of drug-likeness (QED) is 0.512. The Morgan fingerprint density at radius 2 is 2.14 bits per heavy atom. The van der Waals surface area contributed by atoms with Gasteiger partial charge >= 0.3 is 10.2 Å². The van der Waals surface area contributed by atoms with Crippen LogP contribution in [0.1, 0.15) is 44.2 Å². The number of hydrogen-bond donors (Lipinski definition) is 4. The Hall–Kier alpha value is -1.91. The van der Waals surface area contributed by atoms with E-state index in [2.05, 4.69) is 19.2 Å². The SMILES string of the molecule is CC(C)(CCN)CCN[C@@H]1CCc2cc(O)c(N3CC(=O)NS3(=O)=O)c(F)c2C1. The van der Waals surface area contributed by atoms with E-state index in [-0.39, 0.29) is 11.5 Å². The van der Waals surface area contributed by atoms with Crippen molar-refractivity contribution in [2.45, 2.75) is 52.0 Å². The topological polar surface area (TPSA) is 125 Å². The van der Waals surface area contributed by atoms with E-state index in [1.807, 2.05) is 0 Å². The van der Waals surface area contributed by atoms with Crippen LogP contribution < -0.4 is 20.1 Å². The number of amides is 1. The highest BCUT2D eigenvalue weighted by Gasteiger charge is 2.39. The molecule has 1 fully saturated rings. The third kappa shape index (κ3) is 4.65. The van der Waals surface area contributed by atoms with Crippen molar-refractivity contribution < 1.29 is 22.7 Å². The minimum Gasteiger partial charge on any atom is -0.506 e. The Balaban J connectivity index is 1.77. The van der Waals surface area contributed by atoms with Crippen molar-refractivity contribution >= 4 is 21.8 Å². The first-order valence-corrected chi connectivity index (χ1v) is 11.3. The Bertz CT molecular complexity index is 904. The number of nitrogens with zero attached hydrogens (tertiary/aromatic N) is 1. The number of halogens is 1. The van der Waals surface area contributed by atoms with Gasteiger partial charge in [-0.25, -0.2) is 13.4 Å². The van der Waals surface area contributed by atoms with E-state index >= 15 is 4.39 Å². The number of hydrogen-bond acceptors (Lipinski definition) is 6. The largest absolute Gasteiger partial charge is 0.506 e. The zero-order valence-electron chi connectivity index (χ0n) is 16.8. The summed E-state index contributed by atoms with van der Waals surface area (Å²) in [7, 11) is -4.20. The van der Waals surface area contributed by atoms with Gasteiger partial charge < -0.3 is 16.2 Å². The molecule has 0 unspecified atom stereocenters. The number of anilines is 1. The lowest BCUT2D eigenvalue weighted by Crippen LogP contribution is -2.37. The molecular formula is C19H29FN4O4S. The van der Waals surface area contributed by atoms with Crippen molar-refractivity contribution in [2.75, 3.05) is 23.9 Å². The predicted molar refractivity (Wildman–Crippen MR) is 108 cm³/mol. The average molecular weight is 429 g/mol. The second-order valence-electron chi connectivity index (χ2n) is 8.58. The highest BCUT2D eigenvalue weighted by molar-refractivity contribution is 7.92. The number of carbonyl (C=O) groups excluding carboxylic acids is 1. The standard InChI is InChI=1S/C19H29FN4O4S/c1-19(2,5-7-21)6-8-22-13-4-3-12-9-15(25)18(17(20)14(12)10-13)24-11-16(26)23-29(24,27)28/h9,13,22,25H,3-8,10-11,21H2,1-2H3,(H,23,26)/t13-/m1/s1. The van der Waals surface area contributed by atoms with Crippen LogP contribution >= 0.6 is 0 Å². The van der Waals surface area contributed by atoms with Gasteiger partial charge in [0, 0.05) is 6.04 Å². The summed E-state index contributed by atoms with van der Waals surface area (Å²) in [4.78, 5) is 11.5. The van der Waals surface area contributed by atoms with E-state index < -0.39 is 39.9 Å². The number of aromatic hydroxyl groups is 1. The van der Waals surface area contributed by atoms with Crippen LogP contribution in [0, 0.1) is 11.2 Å². The molecule has 0 radical (unpaired) electrons. The van der Waals surface area contributed by atoms with Gasteiger partial charge in [0.25, 0.3) is 5.91 Å². The summed E-state index contributed by atoms with van der Waals surface area (Å²) >= 11 is 0. The van der Waals surface area contributed by atoms with Crippen LogP contribution in [-0.2, 0) is 27.8 Å². The molecule has 0 spiro atoms. The van der Waals surface area contributed by atoms with Crippen LogP contribution in [-0.4, -0.2) is 45.1 Å². The van der Waals surface area contributed by atoms with Gasteiger partial charge in [-0.15, -0.1) is 0 Å². The number of nitrogens with two attached hydrogens (primary N) is 1. The van der Waals surface area contributed by atoms with Crippen molar-refractivity contribution in [1.82, 2.24) is 10.0 Å². The molecule has 1 aliphatic heterocycles. The average Bonchev–Trinajstić information content (AvgIpc) is 2.87. The van der Waals surface area contributed by atoms with Gasteiger partial charge in [-0.2, -0.15) is 8.42 Å². The minimum absolute atomic E-state index is 0.0537. The van der Waals surface area contributed by atoms with Gasteiger partial charge in [0.05, 0.1) is 0 Å². The van der Waals surface area contributed by atoms with E-state index in [1.54, 1.807) is 4.72 Å². The number of aryl methyl sites for hydroxylation is 1. The molecule has 162 valence electrons. The molecule has 0 aromatic heterocycles. The second kappa shape index (κ2) is 8.08. The molecule has 3 rings (SSSR count). The molecule has 10 heteroatoms. The minimum atomic E-state index is -4.20. The van der Waals surface area contributed by atoms with Crippen LogP contribution in [0.4, 0.5) is 10.1 Å². The number of nitrogens with one attached hydrogen (secondary N) is 2. The Labute approximate surface area is 170 Å². The van der Waals surface area contributed by atoms with Crippen LogP contribution in [0.3, 0.4) is 0 Å². The zero-order chi connectivity index (χ0) is 21.4. The van der Waals surface area contributed by atoms with Gasteiger partial charge in [0.15, 0.2) is 5.82 Å². The van der Waals surface area contributed by atoms with E-state index in [0.29, 0.717) is 34.8 Å². The molecule has 1 saturated heterocycles. The lowest BCUT2D eigenvalue weighted by atomic mass is 9.84. The van der Waals surface area contributed by atoms with Crippen molar-refractivity contribution in [1.29, 1.82) is 0 Å². The first kappa shape index (κ1) is 21.8. The highest BCUT2D eigenvalue weighted by atomic mass is 32.2. The monoisotopic (exact) mass is 428 g/mol. The summed E-state index contributed by atoms with van der Waals surface area (Å²) in [6.45, 7) is 5.19. The molecule has 1 atom stereocenters. The fraction of sp³-hybridized carbons (Fsp3) is 0.632. The smallest absolute Gasteiger partial charge is 0.326 e. The Kier molecular flexibility index (Phi) is 6.07. The van der Waals surface area contributed by atoms with Crippen molar-refractivity contribution in [3.05, 3.63) is 23.0 Å². The van der Waals surface area contributed by atoms with E-state index in [1.165, 1.54) is 6.07 Å². The zero-order valence-corrected chi connectivity index (χ0v) is 17.6. The third-order valence-electron chi connectivity index (χ3n) is 5.75. The maximum absolute atomic E-state index is 15.3. The van der Waals surface area contributed by atoms with Crippen molar-refractivity contribution in [3.63, 3.8) is 0 Å². The molecule has 5 N–H and O–H groups in total. The van der Waals surface area contributed by atoms with Gasteiger partial charge in [0.2, 0.25) is 0 Å². The number of rotatable bonds is 7. The van der Waals surface area contributed by atoms with Crippen molar-refractivity contribution in [3.8, 4) is 5.75 Å². The molecule has 29 heavy (non-hydrogen) atoms. The van der Waals surface area contributed by atoms with E-state index in [4.69, 9.17) is 5.73 Å². The molecular weight excluding hydrogens is 399 g/mol. The Morgan fingerprint density at radius 3 is 2.76 bits per heavy atom. The fourth-order valence-electron chi connectivity index (χ4n) is 4.03. The van der Waals surface area contributed by atoms with Crippen LogP contribution in [0.5, 0.6) is 5.75 Å². The molecule has 8 nitrogen and oxygen atoms in total. The molecule has 0 saturated carbocycles. The molecule has 1 aliphatic carbocycles. The maximum atomic E-state index is 15.3. The molecule has 2 aliphatic rings. The summed E-state index contributed by atoms with van der Waals surface area (Å²) in [5.41, 5.74) is 6.37. The van der Waals surface area contributed by atoms with Crippen LogP contribution in [0.15, 0.2) is 6.07 Å². The molecule has 1 heterocycles. The number of fused-ring (bicyclic) bond motifs is 1. The first-order valence-electron chi connectivity index (χ1n) is 9.84. The van der Waals surface area contributed by atoms with E-state index in [0.717, 1.165) is 25.8 Å². The summed E-state index contributed by atoms with van der Waals surface area (Å²) < 4.78 is 41.8. The van der Waals surface area contributed by atoms with Crippen LogP contribution in [0.25, 0.3) is 0 Å². The van der Waals surface area contributed by atoms with Crippen LogP contribution in [0.2, 0.25) is 0 Å². The molecule has 0 bridgehead atoms. The molecule has 1 aromatic rings. The van der Waals surface area contributed by atoms with Gasteiger partial charge in [0.1, 0.15) is 18.0 Å². The highest BCUT2D eigenvalue weighted by Crippen LogP contribution is 2.39. The van der Waals surface area contributed by atoms with Gasteiger partial charge in [-0.3, -0.25) is 4.79 Å². The fourth-order valence-corrected chi connectivity index (χ4v) is 5.19. The Morgan fingerprint density at radius 1 is 1.41 bits per heavy atom. The second-order valence-corrected chi connectivity index (χ2v) is 10.2. The number of phenolic OH excluding ortho intramolecular Hbond substituents is 1. The van der Waals surface area contributed by atoms with Crippen molar-refractivity contribution in [2.24, 2.45) is 11.1 Å². The predicted octanol–water partition coefficient (Wildman–Crippen LogP) is 0.924. The maximum Gasteiger partial charge on any atom is 0.326 e. The third-order valence-corrected chi connectivity index (χ3v) is 7.13. The lowest BCUT2D eigenvalue weighted by molar-refractivity contribution is -0.117. The summed E-state index contributed by atoms with van der Waals surface area (Å²) in [5.74, 6) is -2.02. The number of phenols is 1.